The molecule has 1 N–H and O–H groups in total. The van der Waals surface area contributed by atoms with E-state index < -0.39 is 11.8 Å². The van der Waals surface area contributed by atoms with E-state index in [4.69, 9.17) is 5.11 Å². The Morgan fingerprint density at radius 1 is 1.60 bits per heavy atom. The van der Waals surface area contributed by atoms with E-state index in [0.717, 1.165) is 0 Å². The van der Waals surface area contributed by atoms with Crippen molar-refractivity contribution in [2.45, 2.75) is 25.7 Å². The minimum absolute atomic E-state index is 0.0973. The summed E-state index contributed by atoms with van der Waals surface area (Å²) in [5.74, 6) is -3.26. The summed E-state index contributed by atoms with van der Waals surface area (Å²) in [6.07, 6.45) is 0.328. The molecule has 0 spiro atoms. The van der Waals surface area contributed by atoms with Gasteiger partial charge in [-0.1, -0.05) is 6.92 Å². The summed E-state index contributed by atoms with van der Waals surface area (Å²) in [5, 5.41) is 8.58. The summed E-state index contributed by atoms with van der Waals surface area (Å²) in [5.41, 5.74) is 0. The molecule has 0 aromatic heterocycles. The van der Waals surface area contributed by atoms with E-state index in [1.807, 2.05) is 0 Å². The van der Waals surface area contributed by atoms with Crippen LogP contribution in [0.5, 0.6) is 0 Å². The molecule has 0 saturated heterocycles. The summed E-state index contributed by atoms with van der Waals surface area (Å²) in [6.45, 7) is 1.44. The predicted octanol–water partition coefficient (Wildman–Crippen LogP) is 1.66. The number of aliphatic hydroxyl groups is 1. The van der Waals surface area contributed by atoms with Gasteiger partial charge >= 0.3 is 0 Å². The molecule has 1 nitrogen and oxygen atoms in total. The molecule has 1 rings (SSSR count). The third-order valence-electron chi connectivity index (χ3n) is 2.23. The Morgan fingerprint density at radius 3 is 2.40 bits per heavy atom. The molecule has 1 saturated carbocycles. The molecule has 0 radical (unpaired) electrons. The first-order chi connectivity index (χ1) is 4.56. The highest BCUT2D eigenvalue weighted by atomic mass is 19.3. The van der Waals surface area contributed by atoms with Gasteiger partial charge in [0.1, 0.15) is 0 Å². The fourth-order valence-corrected chi connectivity index (χ4v) is 1.48. The number of hydrogen-bond acceptors (Lipinski definition) is 1. The number of aliphatic hydroxyl groups excluding tert-OH is 1. The average Bonchev–Trinajstić information content (AvgIpc) is 2.08. The number of rotatable bonds is 1. The molecule has 0 aromatic rings. The summed E-state index contributed by atoms with van der Waals surface area (Å²) < 4.78 is 25.3. The lowest BCUT2D eigenvalue weighted by Crippen LogP contribution is -2.18. The van der Waals surface area contributed by atoms with Crippen molar-refractivity contribution in [3.63, 3.8) is 0 Å². The first-order valence-electron chi connectivity index (χ1n) is 3.55. The van der Waals surface area contributed by atoms with E-state index in [0.29, 0.717) is 6.42 Å². The van der Waals surface area contributed by atoms with Crippen molar-refractivity contribution in [1.82, 2.24) is 0 Å². The maximum absolute atomic E-state index is 12.7. The lowest BCUT2D eigenvalue weighted by Gasteiger charge is -2.12. The fourth-order valence-electron chi connectivity index (χ4n) is 1.48. The lowest BCUT2D eigenvalue weighted by atomic mass is 10.1. The molecule has 1 aliphatic carbocycles. The molecule has 10 heavy (non-hydrogen) atoms. The lowest BCUT2D eigenvalue weighted by molar-refractivity contribution is -0.0334. The zero-order valence-corrected chi connectivity index (χ0v) is 5.98. The second-order valence-electron chi connectivity index (χ2n) is 3.15. The zero-order valence-electron chi connectivity index (χ0n) is 5.98. The SMILES string of the molecule is CC1CC(CO)CC1(F)F. The van der Waals surface area contributed by atoms with Crippen LogP contribution >= 0.6 is 0 Å². The monoisotopic (exact) mass is 150 g/mol. The highest BCUT2D eigenvalue weighted by Gasteiger charge is 2.45. The Balaban J connectivity index is 2.53. The first kappa shape index (κ1) is 7.92. The highest BCUT2D eigenvalue weighted by Crippen LogP contribution is 2.43. The van der Waals surface area contributed by atoms with Crippen LogP contribution in [0.2, 0.25) is 0 Å². The van der Waals surface area contributed by atoms with E-state index in [1.165, 1.54) is 6.92 Å². The predicted molar refractivity (Wildman–Crippen MR) is 33.9 cm³/mol. The summed E-state index contributed by atoms with van der Waals surface area (Å²) in [4.78, 5) is 0. The van der Waals surface area contributed by atoms with Crippen molar-refractivity contribution in [3.05, 3.63) is 0 Å². The van der Waals surface area contributed by atoms with Crippen LogP contribution in [0, 0.1) is 11.8 Å². The Labute approximate surface area is 59.0 Å². The smallest absolute Gasteiger partial charge is 0.251 e. The van der Waals surface area contributed by atoms with Gasteiger partial charge in [0.05, 0.1) is 0 Å². The van der Waals surface area contributed by atoms with Gasteiger partial charge in [0, 0.05) is 18.9 Å². The molecule has 2 atom stereocenters. The molecule has 3 heteroatoms. The van der Waals surface area contributed by atoms with E-state index in [-0.39, 0.29) is 18.9 Å². The van der Waals surface area contributed by atoms with Crippen molar-refractivity contribution in [2.24, 2.45) is 11.8 Å². The molecule has 0 aliphatic heterocycles. The van der Waals surface area contributed by atoms with Gasteiger partial charge in [0.2, 0.25) is 0 Å². The van der Waals surface area contributed by atoms with Gasteiger partial charge in [-0.15, -0.1) is 0 Å². The molecular formula is C7H12F2O. The van der Waals surface area contributed by atoms with E-state index in [2.05, 4.69) is 0 Å². The second kappa shape index (κ2) is 2.46. The van der Waals surface area contributed by atoms with Gasteiger partial charge in [-0.05, 0) is 12.3 Å². The van der Waals surface area contributed by atoms with Crippen LogP contribution in [0.4, 0.5) is 8.78 Å². The maximum Gasteiger partial charge on any atom is 0.251 e. The van der Waals surface area contributed by atoms with Crippen LogP contribution in [-0.2, 0) is 0 Å². The van der Waals surface area contributed by atoms with Crippen molar-refractivity contribution in [2.75, 3.05) is 6.61 Å². The van der Waals surface area contributed by atoms with Crippen LogP contribution in [-0.4, -0.2) is 17.6 Å². The number of halogens is 2. The van der Waals surface area contributed by atoms with Crippen molar-refractivity contribution >= 4 is 0 Å². The zero-order chi connectivity index (χ0) is 7.78. The Bertz CT molecular complexity index is 125. The van der Waals surface area contributed by atoms with Gasteiger partial charge < -0.3 is 5.11 Å². The van der Waals surface area contributed by atoms with Crippen LogP contribution in [0.1, 0.15) is 19.8 Å². The molecule has 2 unspecified atom stereocenters. The van der Waals surface area contributed by atoms with E-state index >= 15 is 0 Å². The van der Waals surface area contributed by atoms with Gasteiger partial charge in [0.25, 0.3) is 5.92 Å². The summed E-state index contributed by atoms with van der Waals surface area (Å²) in [7, 11) is 0. The third-order valence-corrected chi connectivity index (χ3v) is 2.23. The van der Waals surface area contributed by atoms with Crippen LogP contribution in [0.15, 0.2) is 0 Å². The largest absolute Gasteiger partial charge is 0.396 e. The minimum atomic E-state index is -2.53. The van der Waals surface area contributed by atoms with Gasteiger partial charge in [-0.2, -0.15) is 0 Å². The number of alkyl halides is 2. The molecule has 0 aromatic carbocycles. The van der Waals surface area contributed by atoms with Gasteiger partial charge in [-0.3, -0.25) is 0 Å². The molecule has 1 aliphatic rings. The molecule has 60 valence electrons. The Hall–Kier alpha value is -0.180. The molecule has 1 fully saturated rings. The summed E-state index contributed by atoms with van der Waals surface area (Å²) in [6, 6.07) is 0. The molecule has 0 heterocycles. The van der Waals surface area contributed by atoms with Gasteiger partial charge in [-0.25, -0.2) is 8.78 Å². The van der Waals surface area contributed by atoms with E-state index in [9.17, 15) is 8.78 Å². The average molecular weight is 150 g/mol. The van der Waals surface area contributed by atoms with Crippen molar-refractivity contribution < 1.29 is 13.9 Å². The minimum Gasteiger partial charge on any atom is -0.396 e. The molecule has 0 bridgehead atoms. The topological polar surface area (TPSA) is 20.2 Å². The van der Waals surface area contributed by atoms with Crippen molar-refractivity contribution in [1.29, 1.82) is 0 Å². The third kappa shape index (κ3) is 1.29. The maximum atomic E-state index is 12.7. The number of hydrogen-bond donors (Lipinski definition) is 1. The highest BCUT2D eigenvalue weighted by molar-refractivity contribution is 4.86. The second-order valence-corrected chi connectivity index (χ2v) is 3.15. The fraction of sp³-hybridized carbons (Fsp3) is 1.00. The van der Waals surface area contributed by atoms with Crippen LogP contribution < -0.4 is 0 Å². The Kier molecular flexibility index (Phi) is 1.95. The molecule has 0 amide bonds. The van der Waals surface area contributed by atoms with Crippen molar-refractivity contribution in [3.8, 4) is 0 Å². The summed E-state index contributed by atoms with van der Waals surface area (Å²) >= 11 is 0. The normalized spacial score (nSPS) is 38.4. The van der Waals surface area contributed by atoms with Crippen LogP contribution in [0.3, 0.4) is 0 Å². The first-order valence-corrected chi connectivity index (χ1v) is 3.55. The van der Waals surface area contributed by atoms with Crippen LogP contribution in [0.25, 0.3) is 0 Å². The standard InChI is InChI=1S/C7H12F2O/c1-5-2-6(4-10)3-7(5,8)9/h5-6,10H,2-4H2,1H3. The Morgan fingerprint density at radius 2 is 2.20 bits per heavy atom. The molecular weight excluding hydrogens is 138 g/mol. The van der Waals surface area contributed by atoms with E-state index in [1.54, 1.807) is 0 Å². The van der Waals surface area contributed by atoms with Gasteiger partial charge in [0.15, 0.2) is 0 Å². The quantitative estimate of drug-likeness (QED) is 0.602.